The minimum Gasteiger partial charge on any atom is -0.496 e. The number of ether oxygens (including phenoxy) is 1. The Hall–Kier alpha value is -3.13. The Labute approximate surface area is 163 Å². The van der Waals surface area contributed by atoms with Crippen LogP contribution in [0.4, 0.5) is 11.8 Å². The van der Waals surface area contributed by atoms with Gasteiger partial charge in [0.15, 0.2) is 0 Å². The molecule has 3 rings (SSSR count). The average Bonchev–Trinajstić information content (AvgIpc) is 2.70. The molecule has 0 saturated heterocycles. The van der Waals surface area contributed by atoms with Gasteiger partial charge in [-0.2, -0.15) is 4.98 Å². The van der Waals surface area contributed by atoms with E-state index in [1.54, 1.807) is 30.0 Å². The first-order chi connectivity index (χ1) is 13.6. The first kappa shape index (κ1) is 19.6. The summed E-state index contributed by atoms with van der Waals surface area (Å²) in [6, 6.07) is 7.18. The second-order valence-electron chi connectivity index (χ2n) is 6.52. The zero-order chi connectivity index (χ0) is 20.1. The minimum absolute atomic E-state index is 0.0713. The van der Waals surface area contributed by atoms with Crippen LogP contribution in [0.5, 0.6) is 5.75 Å². The van der Waals surface area contributed by atoms with Crippen LogP contribution in [0.25, 0.3) is 10.9 Å². The summed E-state index contributed by atoms with van der Waals surface area (Å²) >= 11 is 0. The van der Waals surface area contributed by atoms with Crippen LogP contribution in [0, 0.1) is 0 Å². The van der Waals surface area contributed by atoms with Crippen molar-refractivity contribution < 1.29 is 9.84 Å². The normalized spacial score (nSPS) is 11.0. The number of aromatic nitrogens is 3. The fraction of sp³-hybridized carbons (Fsp3) is 0.350. The number of aliphatic hydroxyl groups is 1. The smallest absolute Gasteiger partial charge is 0.264 e. The Morgan fingerprint density at radius 3 is 2.82 bits per heavy atom. The van der Waals surface area contributed by atoms with Gasteiger partial charge in [0, 0.05) is 18.3 Å². The van der Waals surface area contributed by atoms with Crippen LogP contribution in [-0.4, -0.2) is 33.3 Å². The van der Waals surface area contributed by atoms with Crippen LogP contribution in [-0.2, 0) is 13.2 Å². The summed E-state index contributed by atoms with van der Waals surface area (Å²) in [4.78, 5) is 21.6. The number of nitrogens with two attached hydrogens (primary N) is 1. The fourth-order valence-electron chi connectivity index (χ4n) is 3.04. The lowest BCUT2D eigenvalue weighted by molar-refractivity contribution is 0.281. The number of benzene rings is 1. The van der Waals surface area contributed by atoms with Crippen LogP contribution in [0.15, 0.2) is 35.3 Å². The van der Waals surface area contributed by atoms with E-state index in [2.05, 4.69) is 22.2 Å². The van der Waals surface area contributed by atoms with Crippen LogP contribution in [0.1, 0.15) is 30.9 Å². The summed E-state index contributed by atoms with van der Waals surface area (Å²) in [5.74, 6) is 1.20. The van der Waals surface area contributed by atoms with E-state index >= 15 is 0 Å². The molecule has 2 heterocycles. The van der Waals surface area contributed by atoms with Gasteiger partial charge in [-0.1, -0.05) is 25.5 Å². The van der Waals surface area contributed by atoms with Gasteiger partial charge in [0.25, 0.3) is 5.56 Å². The molecule has 0 aliphatic carbocycles. The highest BCUT2D eigenvalue weighted by Crippen LogP contribution is 2.22. The van der Waals surface area contributed by atoms with Gasteiger partial charge >= 0.3 is 0 Å². The number of nitrogens with one attached hydrogen (secondary N) is 1. The summed E-state index contributed by atoms with van der Waals surface area (Å²) < 4.78 is 7.00. The third-order valence-corrected chi connectivity index (χ3v) is 4.54. The molecule has 8 nitrogen and oxygen atoms in total. The molecule has 28 heavy (non-hydrogen) atoms. The van der Waals surface area contributed by atoms with Gasteiger partial charge < -0.3 is 25.5 Å². The number of hydrogen-bond acceptors (Lipinski definition) is 7. The molecule has 0 amide bonds. The van der Waals surface area contributed by atoms with Crippen molar-refractivity contribution in [2.75, 3.05) is 24.7 Å². The van der Waals surface area contributed by atoms with Gasteiger partial charge in [0.1, 0.15) is 17.0 Å². The molecule has 8 heteroatoms. The third kappa shape index (κ3) is 4.07. The Bertz CT molecular complexity index is 1030. The number of fused-ring (bicyclic) bond motifs is 1. The lowest BCUT2D eigenvalue weighted by Crippen LogP contribution is -2.22. The number of nitrogens with zero attached hydrogens (tertiary/aromatic N) is 3. The Morgan fingerprint density at radius 1 is 1.29 bits per heavy atom. The molecular weight excluding hydrogens is 358 g/mol. The van der Waals surface area contributed by atoms with Gasteiger partial charge in [0.05, 0.1) is 25.8 Å². The molecule has 1 aromatic carbocycles. The number of anilines is 2. The van der Waals surface area contributed by atoms with Crippen molar-refractivity contribution in [2.24, 2.45) is 0 Å². The third-order valence-electron chi connectivity index (χ3n) is 4.54. The molecule has 0 unspecified atom stereocenters. The molecule has 4 N–H and O–H groups in total. The predicted octanol–water partition coefficient (Wildman–Crippen LogP) is 2.13. The van der Waals surface area contributed by atoms with E-state index in [1.165, 1.54) is 0 Å². The maximum atomic E-state index is 13.1. The second-order valence-corrected chi connectivity index (χ2v) is 6.52. The topological polar surface area (TPSA) is 115 Å². The highest BCUT2D eigenvalue weighted by molar-refractivity contribution is 5.89. The molecule has 3 aromatic rings. The van der Waals surface area contributed by atoms with Gasteiger partial charge in [0.2, 0.25) is 5.95 Å². The second kappa shape index (κ2) is 8.71. The SMILES string of the molecule is CCCCNc1nc(N)nc2ccn(Cc3ccc(CO)cc3OC)c(=O)c12. The number of methoxy groups -OCH3 is 1. The number of aliphatic hydroxyl groups excluding tert-OH is 1. The van der Waals surface area contributed by atoms with Gasteiger partial charge in [-0.25, -0.2) is 4.98 Å². The van der Waals surface area contributed by atoms with Gasteiger partial charge in [-0.3, -0.25) is 4.79 Å². The van der Waals surface area contributed by atoms with Crippen LogP contribution in [0.3, 0.4) is 0 Å². The number of nitrogen functional groups attached to an aromatic ring is 1. The molecule has 0 radical (unpaired) electrons. The first-order valence-electron chi connectivity index (χ1n) is 9.24. The van der Waals surface area contributed by atoms with Crippen molar-refractivity contribution in [1.29, 1.82) is 0 Å². The van der Waals surface area contributed by atoms with Crippen molar-refractivity contribution in [3.05, 3.63) is 51.9 Å². The van der Waals surface area contributed by atoms with E-state index in [1.807, 2.05) is 12.1 Å². The Balaban J connectivity index is 2.03. The predicted molar refractivity (Wildman–Crippen MR) is 110 cm³/mol. The van der Waals surface area contributed by atoms with Crippen LogP contribution in [0.2, 0.25) is 0 Å². The molecule has 0 saturated carbocycles. The zero-order valence-corrected chi connectivity index (χ0v) is 16.1. The molecular formula is C20H25N5O3. The fourth-order valence-corrected chi connectivity index (χ4v) is 3.04. The van der Waals surface area contributed by atoms with Crippen LogP contribution >= 0.6 is 0 Å². The van der Waals surface area contributed by atoms with Gasteiger partial charge in [-0.15, -0.1) is 0 Å². The van der Waals surface area contributed by atoms with E-state index in [0.29, 0.717) is 35.6 Å². The van der Waals surface area contributed by atoms with Crippen molar-refractivity contribution in [3.8, 4) is 5.75 Å². The lowest BCUT2D eigenvalue weighted by Gasteiger charge is -2.14. The number of pyridine rings is 1. The van der Waals surface area contributed by atoms with E-state index in [4.69, 9.17) is 10.5 Å². The van der Waals surface area contributed by atoms with Crippen LogP contribution < -0.4 is 21.3 Å². The Morgan fingerprint density at radius 2 is 2.11 bits per heavy atom. The monoisotopic (exact) mass is 383 g/mol. The quantitative estimate of drug-likeness (QED) is 0.510. The molecule has 2 aromatic heterocycles. The lowest BCUT2D eigenvalue weighted by atomic mass is 10.1. The van der Waals surface area contributed by atoms with Crippen molar-refractivity contribution in [2.45, 2.75) is 32.9 Å². The maximum Gasteiger partial charge on any atom is 0.264 e. The molecule has 0 bridgehead atoms. The Kier molecular flexibility index (Phi) is 6.10. The molecule has 0 fully saturated rings. The van der Waals surface area contributed by atoms with Crippen molar-refractivity contribution >= 4 is 22.7 Å². The van der Waals surface area contributed by atoms with E-state index in [-0.39, 0.29) is 18.1 Å². The molecule has 0 atom stereocenters. The van der Waals surface area contributed by atoms with E-state index in [0.717, 1.165) is 24.0 Å². The molecule has 0 aliphatic heterocycles. The van der Waals surface area contributed by atoms with E-state index in [9.17, 15) is 9.90 Å². The maximum absolute atomic E-state index is 13.1. The average molecular weight is 383 g/mol. The number of unbranched alkanes of at least 4 members (excludes halogenated alkanes) is 1. The largest absolute Gasteiger partial charge is 0.496 e. The molecule has 0 aliphatic rings. The van der Waals surface area contributed by atoms with Crippen molar-refractivity contribution in [1.82, 2.24) is 14.5 Å². The molecule has 0 spiro atoms. The highest BCUT2D eigenvalue weighted by Gasteiger charge is 2.13. The van der Waals surface area contributed by atoms with Crippen molar-refractivity contribution in [3.63, 3.8) is 0 Å². The summed E-state index contributed by atoms with van der Waals surface area (Å²) in [7, 11) is 1.57. The summed E-state index contributed by atoms with van der Waals surface area (Å²) in [5, 5.41) is 12.9. The summed E-state index contributed by atoms with van der Waals surface area (Å²) in [6.45, 7) is 3.05. The van der Waals surface area contributed by atoms with Gasteiger partial charge in [-0.05, 0) is 24.1 Å². The number of hydrogen-bond donors (Lipinski definition) is 3. The summed E-state index contributed by atoms with van der Waals surface area (Å²) in [6.07, 6.45) is 3.67. The highest BCUT2D eigenvalue weighted by atomic mass is 16.5. The number of rotatable bonds is 8. The zero-order valence-electron chi connectivity index (χ0n) is 16.1. The summed E-state index contributed by atoms with van der Waals surface area (Å²) in [5.41, 5.74) is 7.68. The minimum atomic E-state index is -0.204. The van der Waals surface area contributed by atoms with E-state index < -0.39 is 0 Å². The standard InChI is InChI=1S/C20H25N5O3/c1-3-4-8-22-18-17-15(23-20(21)24-18)7-9-25(19(17)27)11-14-6-5-13(12-26)10-16(14)28-2/h5-7,9-10,26H,3-4,8,11-12H2,1-2H3,(H3,21,22,23,24). The molecule has 148 valence electrons. The first-order valence-corrected chi connectivity index (χ1v) is 9.24.